The molecular weight excluding hydrogens is 439 g/mol. The van der Waals surface area contributed by atoms with Crippen molar-refractivity contribution in [1.29, 1.82) is 0 Å². The number of benzene rings is 1. The summed E-state index contributed by atoms with van der Waals surface area (Å²) in [5.74, 6) is 0.514. The summed E-state index contributed by atoms with van der Waals surface area (Å²) in [6.07, 6.45) is 4.41. The first-order valence-corrected chi connectivity index (χ1v) is 10.9. The first-order chi connectivity index (χ1) is 16.7. The zero-order chi connectivity index (χ0) is 23.3. The highest BCUT2D eigenvalue weighted by Gasteiger charge is 2.27. The molecule has 0 spiro atoms. The number of aromatic amines is 1. The lowest BCUT2D eigenvalue weighted by atomic mass is 10.1. The van der Waals surface area contributed by atoms with Crippen molar-refractivity contribution in [2.24, 2.45) is 5.92 Å². The molecule has 0 aliphatic carbocycles. The van der Waals surface area contributed by atoms with E-state index in [0.29, 0.717) is 54.2 Å². The Labute approximate surface area is 195 Å². The molecule has 4 heterocycles. The Morgan fingerprint density at radius 3 is 2.50 bits per heavy atom. The van der Waals surface area contributed by atoms with Crippen LogP contribution in [0.25, 0.3) is 22.6 Å². The third-order valence-corrected chi connectivity index (χ3v) is 5.40. The van der Waals surface area contributed by atoms with E-state index in [4.69, 9.17) is 14.5 Å². The van der Waals surface area contributed by atoms with Gasteiger partial charge in [0, 0.05) is 36.6 Å². The Hall–Kier alpha value is -3.73. The molecule has 1 aliphatic rings. The molecule has 34 heavy (non-hydrogen) atoms. The number of hydrogen-bond acceptors (Lipinski definition) is 8. The molecule has 1 saturated heterocycles. The largest absolute Gasteiger partial charge is 0.396 e. The monoisotopic (exact) mass is 462 g/mol. The number of nitrogens with one attached hydrogen (secondary N) is 2. The van der Waals surface area contributed by atoms with E-state index < -0.39 is 6.29 Å². The van der Waals surface area contributed by atoms with Crippen molar-refractivity contribution in [3.8, 4) is 22.6 Å². The third-order valence-electron chi connectivity index (χ3n) is 5.40. The van der Waals surface area contributed by atoms with Crippen LogP contribution in [0, 0.1) is 11.7 Å². The van der Waals surface area contributed by atoms with Crippen molar-refractivity contribution in [3.05, 3.63) is 78.3 Å². The van der Waals surface area contributed by atoms with Crippen molar-refractivity contribution < 1.29 is 19.0 Å². The zero-order valence-corrected chi connectivity index (χ0v) is 18.2. The smallest absolute Gasteiger partial charge is 0.223 e. The molecule has 1 aromatic carbocycles. The van der Waals surface area contributed by atoms with Crippen LogP contribution in [-0.4, -0.2) is 49.8 Å². The van der Waals surface area contributed by atoms with E-state index in [1.54, 1.807) is 36.8 Å². The standard InChI is InChI=1S/C24H23FN6O3/c25-18-3-1-17(2-4-18)20-21(31-22(30-20)23-33-13-16(12-32)14-34-23)19-7-10-27-24(29-19)28-11-15-5-8-26-9-6-15/h1-10,16,23,32H,11-14H2,(H,30,31)(H,27,28,29). The lowest BCUT2D eigenvalue weighted by Gasteiger charge is -2.26. The molecule has 1 aliphatic heterocycles. The van der Waals surface area contributed by atoms with Crippen LogP contribution in [0.1, 0.15) is 17.7 Å². The number of anilines is 1. The first-order valence-electron chi connectivity index (χ1n) is 10.9. The maximum atomic E-state index is 13.5. The molecule has 0 unspecified atom stereocenters. The number of nitrogens with zero attached hydrogens (tertiary/aromatic N) is 4. The number of H-pyrrole nitrogens is 1. The summed E-state index contributed by atoms with van der Waals surface area (Å²) >= 11 is 0. The molecule has 0 bridgehead atoms. The molecule has 10 heteroatoms. The van der Waals surface area contributed by atoms with E-state index in [-0.39, 0.29) is 18.3 Å². The van der Waals surface area contributed by atoms with E-state index >= 15 is 0 Å². The van der Waals surface area contributed by atoms with Gasteiger partial charge in [0.25, 0.3) is 0 Å². The van der Waals surface area contributed by atoms with Crippen molar-refractivity contribution in [3.63, 3.8) is 0 Å². The van der Waals surface area contributed by atoms with E-state index in [1.165, 1.54) is 12.1 Å². The fourth-order valence-electron chi connectivity index (χ4n) is 3.58. The summed E-state index contributed by atoms with van der Waals surface area (Å²) in [4.78, 5) is 21.0. The highest BCUT2D eigenvalue weighted by molar-refractivity contribution is 5.77. The number of aliphatic hydroxyl groups is 1. The van der Waals surface area contributed by atoms with Crippen molar-refractivity contribution in [2.45, 2.75) is 12.8 Å². The Morgan fingerprint density at radius 1 is 1.00 bits per heavy atom. The van der Waals surface area contributed by atoms with Crippen LogP contribution in [-0.2, 0) is 16.0 Å². The number of ether oxygens (including phenoxy) is 2. The molecule has 174 valence electrons. The van der Waals surface area contributed by atoms with Crippen LogP contribution in [0.5, 0.6) is 0 Å². The molecule has 4 aromatic rings. The number of pyridine rings is 1. The molecule has 1 fully saturated rings. The average Bonchev–Trinajstić information content (AvgIpc) is 3.34. The summed E-state index contributed by atoms with van der Waals surface area (Å²) in [7, 11) is 0. The number of rotatable bonds is 7. The molecular formula is C24H23FN6O3. The molecule has 3 aromatic heterocycles. The maximum Gasteiger partial charge on any atom is 0.223 e. The van der Waals surface area contributed by atoms with Crippen LogP contribution < -0.4 is 5.32 Å². The summed E-state index contributed by atoms with van der Waals surface area (Å²) in [6.45, 7) is 1.26. The number of aromatic nitrogens is 5. The maximum absolute atomic E-state index is 13.5. The molecule has 0 atom stereocenters. The van der Waals surface area contributed by atoms with Crippen LogP contribution in [0.2, 0.25) is 0 Å². The van der Waals surface area contributed by atoms with E-state index in [0.717, 1.165) is 5.56 Å². The van der Waals surface area contributed by atoms with Gasteiger partial charge in [-0.25, -0.2) is 19.3 Å². The summed E-state index contributed by atoms with van der Waals surface area (Å²) < 4.78 is 25.1. The van der Waals surface area contributed by atoms with Gasteiger partial charge in [-0.1, -0.05) is 0 Å². The lowest BCUT2D eigenvalue weighted by Crippen LogP contribution is -2.29. The summed E-state index contributed by atoms with van der Waals surface area (Å²) in [5.41, 5.74) is 3.59. The number of imidazole rings is 1. The second-order valence-electron chi connectivity index (χ2n) is 7.87. The van der Waals surface area contributed by atoms with Crippen molar-refractivity contribution in [2.75, 3.05) is 25.1 Å². The van der Waals surface area contributed by atoms with Gasteiger partial charge in [0.05, 0.1) is 36.9 Å². The van der Waals surface area contributed by atoms with E-state index in [2.05, 4.69) is 25.3 Å². The van der Waals surface area contributed by atoms with Gasteiger partial charge in [0.2, 0.25) is 12.2 Å². The highest BCUT2D eigenvalue weighted by Crippen LogP contribution is 2.33. The van der Waals surface area contributed by atoms with Gasteiger partial charge < -0.3 is 24.9 Å². The minimum Gasteiger partial charge on any atom is -0.396 e. The molecule has 0 radical (unpaired) electrons. The molecule has 5 rings (SSSR count). The van der Waals surface area contributed by atoms with Gasteiger partial charge in [0.1, 0.15) is 5.82 Å². The Kier molecular flexibility index (Phi) is 6.52. The molecule has 9 nitrogen and oxygen atoms in total. The Morgan fingerprint density at radius 2 is 1.76 bits per heavy atom. The molecule has 0 amide bonds. The SMILES string of the molecule is OCC1COC(c2nc(-c3ccc(F)cc3)c(-c3ccnc(NCc4ccncc4)n3)[nH]2)OC1. The minimum absolute atomic E-state index is 0.00679. The van der Waals surface area contributed by atoms with Gasteiger partial charge in [-0.3, -0.25) is 4.98 Å². The normalized spacial score (nSPS) is 18.1. The lowest BCUT2D eigenvalue weighted by molar-refractivity contribution is -0.213. The van der Waals surface area contributed by atoms with E-state index in [9.17, 15) is 9.50 Å². The van der Waals surface area contributed by atoms with Crippen LogP contribution in [0.3, 0.4) is 0 Å². The van der Waals surface area contributed by atoms with Gasteiger partial charge in [-0.05, 0) is 48.0 Å². The Balaban J connectivity index is 1.46. The molecule has 0 saturated carbocycles. The predicted molar refractivity (Wildman–Crippen MR) is 122 cm³/mol. The van der Waals surface area contributed by atoms with Gasteiger partial charge >= 0.3 is 0 Å². The minimum atomic E-state index is -0.707. The van der Waals surface area contributed by atoms with Crippen LogP contribution in [0.15, 0.2) is 61.1 Å². The number of hydrogen-bond donors (Lipinski definition) is 3. The van der Waals surface area contributed by atoms with Gasteiger partial charge in [0.15, 0.2) is 5.82 Å². The van der Waals surface area contributed by atoms with Crippen LogP contribution in [0.4, 0.5) is 10.3 Å². The third kappa shape index (κ3) is 4.93. The highest BCUT2D eigenvalue weighted by atomic mass is 19.1. The fourth-order valence-corrected chi connectivity index (χ4v) is 3.58. The number of halogens is 1. The zero-order valence-electron chi connectivity index (χ0n) is 18.2. The average molecular weight is 462 g/mol. The number of aliphatic hydroxyl groups excluding tert-OH is 1. The van der Waals surface area contributed by atoms with Gasteiger partial charge in [-0.15, -0.1) is 0 Å². The topological polar surface area (TPSA) is 118 Å². The second kappa shape index (κ2) is 10.0. The van der Waals surface area contributed by atoms with Crippen LogP contribution >= 0.6 is 0 Å². The van der Waals surface area contributed by atoms with Crippen molar-refractivity contribution >= 4 is 5.95 Å². The summed E-state index contributed by atoms with van der Waals surface area (Å²) in [6, 6.07) is 11.7. The second-order valence-corrected chi connectivity index (χ2v) is 7.87. The fraction of sp³-hybridized carbons (Fsp3) is 0.250. The predicted octanol–water partition coefficient (Wildman–Crippen LogP) is 3.33. The van der Waals surface area contributed by atoms with Gasteiger partial charge in [-0.2, -0.15) is 0 Å². The molecule has 3 N–H and O–H groups in total. The Bertz CT molecular complexity index is 1230. The van der Waals surface area contributed by atoms with E-state index in [1.807, 2.05) is 12.1 Å². The summed E-state index contributed by atoms with van der Waals surface area (Å²) in [5, 5.41) is 12.5. The van der Waals surface area contributed by atoms with Crippen molar-refractivity contribution in [1.82, 2.24) is 24.9 Å². The first kappa shape index (κ1) is 22.1. The quantitative estimate of drug-likeness (QED) is 0.383.